The number of carbonyl (C=O) groups excluding carboxylic acids is 1. The van der Waals surface area contributed by atoms with Crippen LogP contribution < -0.4 is 0 Å². The van der Waals surface area contributed by atoms with E-state index in [1.54, 1.807) is 11.3 Å². The predicted molar refractivity (Wildman–Crippen MR) is 68.1 cm³/mol. The van der Waals surface area contributed by atoms with Crippen molar-refractivity contribution >= 4 is 17.2 Å². The average molecular weight is 237 g/mol. The quantitative estimate of drug-likeness (QED) is 0.772. The van der Waals surface area contributed by atoms with Crippen LogP contribution in [0, 0.1) is 13.8 Å². The predicted octanol–water partition coefficient (Wildman–Crippen LogP) is 3.38. The molecule has 1 saturated carbocycles. The second-order valence-corrected chi connectivity index (χ2v) is 6.14. The molecule has 0 atom stereocenters. The molecule has 2 rings (SSSR count). The first-order valence-electron chi connectivity index (χ1n) is 5.94. The van der Waals surface area contributed by atoms with Gasteiger partial charge < -0.3 is 4.90 Å². The zero-order valence-electron chi connectivity index (χ0n) is 10.2. The Morgan fingerprint density at radius 1 is 1.38 bits per heavy atom. The Balaban J connectivity index is 2.14. The summed E-state index contributed by atoms with van der Waals surface area (Å²) in [5.41, 5.74) is 0.900. The summed E-state index contributed by atoms with van der Waals surface area (Å²) in [6.45, 7) is 4.09. The summed E-state index contributed by atoms with van der Waals surface area (Å²) in [6.07, 6.45) is 4.88. The number of hydrogen-bond donors (Lipinski definition) is 0. The van der Waals surface area contributed by atoms with Crippen LogP contribution in [-0.4, -0.2) is 23.9 Å². The highest BCUT2D eigenvalue weighted by Gasteiger charge is 2.25. The van der Waals surface area contributed by atoms with Gasteiger partial charge in [0.15, 0.2) is 0 Å². The lowest BCUT2D eigenvalue weighted by Crippen LogP contribution is -2.35. The molecule has 0 saturated heterocycles. The first-order valence-corrected chi connectivity index (χ1v) is 6.75. The summed E-state index contributed by atoms with van der Waals surface area (Å²) in [6, 6.07) is 2.49. The lowest BCUT2D eigenvalue weighted by Gasteiger charge is -2.24. The van der Waals surface area contributed by atoms with E-state index in [0.717, 1.165) is 10.4 Å². The second kappa shape index (κ2) is 4.58. The molecular formula is C13H19NOS. The molecule has 0 aromatic carbocycles. The fourth-order valence-corrected chi connectivity index (χ4v) is 3.41. The fourth-order valence-electron chi connectivity index (χ4n) is 2.49. The molecular weight excluding hydrogens is 218 g/mol. The first-order chi connectivity index (χ1) is 7.59. The smallest absolute Gasteiger partial charge is 0.254 e. The van der Waals surface area contributed by atoms with Crippen molar-refractivity contribution in [1.82, 2.24) is 4.90 Å². The van der Waals surface area contributed by atoms with Crippen molar-refractivity contribution in [3.05, 3.63) is 21.4 Å². The Hall–Kier alpha value is -0.830. The monoisotopic (exact) mass is 237 g/mol. The van der Waals surface area contributed by atoms with Crippen molar-refractivity contribution in [2.75, 3.05) is 7.05 Å². The van der Waals surface area contributed by atoms with Gasteiger partial charge in [-0.15, -0.1) is 11.3 Å². The number of nitrogens with zero attached hydrogens (tertiary/aromatic N) is 1. The van der Waals surface area contributed by atoms with E-state index < -0.39 is 0 Å². The third-order valence-corrected chi connectivity index (χ3v) is 4.43. The SMILES string of the molecule is Cc1cc(C(=O)N(C)C2CCCC2)c(C)s1. The summed E-state index contributed by atoms with van der Waals surface area (Å²) >= 11 is 1.71. The normalized spacial score (nSPS) is 16.7. The van der Waals surface area contributed by atoms with Crippen LogP contribution in [-0.2, 0) is 0 Å². The van der Waals surface area contributed by atoms with Crippen molar-refractivity contribution < 1.29 is 4.79 Å². The van der Waals surface area contributed by atoms with Gasteiger partial charge in [-0.05, 0) is 32.8 Å². The third kappa shape index (κ3) is 2.14. The molecule has 1 aliphatic carbocycles. The molecule has 88 valence electrons. The number of aryl methyl sites for hydroxylation is 2. The Morgan fingerprint density at radius 2 is 2.00 bits per heavy atom. The molecule has 0 N–H and O–H groups in total. The van der Waals surface area contributed by atoms with Crippen LogP contribution in [0.2, 0.25) is 0 Å². The lowest BCUT2D eigenvalue weighted by molar-refractivity contribution is 0.0735. The maximum atomic E-state index is 12.3. The summed E-state index contributed by atoms with van der Waals surface area (Å²) in [5, 5.41) is 0. The van der Waals surface area contributed by atoms with Crippen LogP contribution in [0.25, 0.3) is 0 Å². The van der Waals surface area contributed by atoms with Gasteiger partial charge in [-0.3, -0.25) is 4.79 Å². The number of hydrogen-bond acceptors (Lipinski definition) is 2. The van der Waals surface area contributed by atoms with Gasteiger partial charge in [-0.1, -0.05) is 12.8 Å². The van der Waals surface area contributed by atoms with E-state index in [9.17, 15) is 4.79 Å². The first kappa shape index (κ1) is 11.6. The maximum Gasteiger partial charge on any atom is 0.254 e. The molecule has 1 fully saturated rings. The van der Waals surface area contributed by atoms with Gasteiger partial charge in [0.25, 0.3) is 5.91 Å². The van der Waals surface area contributed by atoms with Crippen molar-refractivity contribution in [3.8, 4) is 0 Å². The number of carbonyl (C=O) groups is 1. The highest BCUT2D eigenvalue weighted by Crippen LogP contribution is 2.26. The molecule has 0 unspecified atom stereocenters. The lowest BCUT2D eigenvalue weighted by atomic mass is 10.1. The van der Waals surface area contributed by atoms with Crippen molar-refractivity contribution in [1.29, 1.82) is 0 Å². The maximum absolute atomic E-state index is 12.3. The Bertz CT molecular complexity index is 391. The third-order valence-electron chi connectivity index (χ3n) is 3.46. The molecule has 2 nitrogen and oxygen atoms in total. The molecule has 3 heteroatoms. The van der Waals surface area contributed by atoms with Gasteiger partial charge >= 0.3 is 0 Å². The van der Waals surface area contributed by atoms with Gasteiger partial charge in [0.1, 0.15) is 0 Å². The number of rotatable bonds is 2. The van der Waals surface area contributed by atoms with E-state index in [2.05, 4.69) is 6.92 Å². The average Bonchev–Trinajstić information content (AvgIpc) is 2.85. The molecule has 16 heavy (non-hydrogen) atoms. The molecule has 1 amide bonds. The van der Waals surface area contributed by atoms with Crippen LogP contribution in [0.3, 0.4) is 0 Å². The summed E-state index contributed by atoms with van der Waals surface area (Å²) in [7, 11) is 1.95. The molecule has 0 aliphatic heterocycles. The minimum atomic E-state index is 0.203. The highest BCUT2D eigenvalue weighted by atomic mass is 32.1. The molecule has 0 spiro atoms. The van der Waals surface area contributed by atoms with Gasteiger partial charge in [-0.25, -0.2) is 0 Å². The zero-order valence-corrected chi connectivity index (χ0v) is 11.1. The molecule has 1 heterocycles. The van der Waals surface area contributed by atoms with Crippen molar-refractivity contribution in [2.24, 2.45) is 0 Å². The van der Waals surface area contributed by atoms with E-state index in [1.807, 2.05) is 24.9 Å². The summed E-state index contributed by atoms with van der Waals surface area (Å²) < 4.78 is 0. The summed E-state index contributed by atoms with van der Waals surface area (Å²) in [5.74, 6) is 0.203. The van der Waals surface area contributed by atoms with Crippen molar-refractivity contribution in [2.45, 2.75) is 45.6 Å². The van der Waals surface area contributed by atoms with Crippen LogP contribution in [0.1, 0.15) is 45.8 Å². The van der Waals surface area contributed by atoms with Gasteiger partial charge in [0.05, 0.1) is 5.56 Å². The molecule has 1 aromatic rings. The largest absolute Gasteiger partial charge is 0.339 e. The van der Waals surface area contributed by atoms with Crippen LogP contribution in [0.5, 0.6) is 0 Å². The topological polar surface area (TPSA) is 20.3 Å². The van der Waals surface area contributed by atoms with E-state index in [0.29, 0.717) is 6.04 Å². The molecule has 1 aromatic heterocycles. The van der Waals surface area contributed by atoms with Gasteiger partial charge in [0, 0.05) is 22.8 Å². The Morgan fingerprint density at radius 3 is 2.50 bits per heavy atom. The minimum absolute atomic E-state index is 0.203. The second-order valence-electron chi connectivity index (χ2n) is 4.68. The molecule has 0 bridgehead atoms. The zero-order chi connectivity index (χ0) is 11.7. The summed E-state index contributed by atoms with van der Waals surface area (Å²) in [4.78, 5) is 16.6. The number of thiophene rings is 1. The van der Waals surface area contributed by atoms with Crippen LogP contribution in [0.4, 0.5) is 0 Å². The Labute approximate surface area is 101 Å². The molecule has 0 radical (unpaired) electrons. The van der Waals surface area contributed by atoms with E-state index in [1.165, 1.54) is 30.6 Å². The standard InChI is InChI=1S/C13H19NOS/c1-9-8-12(10(2)16-9)13(15)14(3)11-6-4-5-7-11/h8,11H,4-7H2,1-3H3. The number of amides is 1. The minimum Gasteiger partial charge on any atom is -0.339 e. The van der Waals surface area contributed by atoms with Crippen LogP contribution in [0.15, 0.2) is 6.07 Å². The van der Waals surface area contributed by atoms with Crippen molar-refractivity contribution in [3.63, 3.8) is 0 Å². The van der Waals surface area contributed by atoms with E-state index in [4.69, 9.17) is 0 Å². The molecule has 1 aliphatic rings. The van der Waals surface area contributed by atoms with Gasteiger partial charge in [-0.2, -0.15) is 0 Å². The highest BCUT2D eigenvalue weighted by molar-refractivity contribution is 7.12. The van der Waals surface area contributed by atoms with Crippen LogP contribution >= 0.6 is 11.3 Å². The fraction of sp³-hybridized carbons (Fsp3) is 0.615. The van der Waals surface area contributed by atoms with Gasteiger partial charge in [0.2, 0.25) is 0 Å². The Kier molecular flexibility index (Phi) is 3.33. The van der Waals surface area contributed by atoms with E-state index >= 15 is 0 Å². The van der Waals surface area contributed by atoms with E-state index in [-0.39, 0.29) is 5.91 Å².